The molecular weight excluding hydrogens is 328 g/mol. The molecule has 26 heavy (non-hydrogen) atoms. The van der Waals surface area contributed by atoms with E-state index in [-0.39, 0.29) is 11.2 Å². The Balaban J connectivity index is 2.16. The second kappa shape index (κ2) is 7.60. The van der Waals surface area contributed by atoms with Gasteiger partial charge in [-0.3, -0.25) is 13.9 Å². The normalized spacial score (nSPS) is 11.2. The predicted octanol–water partition coefficient (Wildman–Crippen LogP) is 3.27. The number of benzene rings is 2. The van der Waals surface area contributed by atoms with Crippen molar-refractivity contribution >= 4 is 10.9 Å². The summed E-state index contributed by atoms with van der Waals surface area (Å²) >= 11 is 0. The molecule has 0 bridgehead atoms. The second-order valence-electron chi connectivity index (χ2n) is 6.88. The van der Waals surface area contributed by atoms with Gasteiger partial charge in [-0.1, -0.05) is 38.1 Å². The zero-order valence-electron chi connectivity index (χ0n) is 15.4. The summed E-state index contributed by atoms with van der Waals surface area (Å²) in [6.07, 6.45) is 0.784. The summed E-state index contributed by atoms with van der Waals surface area (Å²) in [5.41, 5.74) is 1.13. The molecule has 0 amide bonds. The number of hydrogen-bond donors (Lipinski definition) is 0. The van der Waals surface area contributed by atoms with E-state index in [2.05, 4.69) is 13.8 Å². The molecule has 0 atom stereocenters. The maximum Gasteiger partial charge on any atom is 0.331 e. The smallest absolute Gasteiger partial charge is 0.331 e. The molecule has 5 heteroatoms. The molecule has 1 aromatic heterocycles. The zero-order chi connectivity index (χ0) is 18.7. The monoisotopic (exact) mass is 352 g/mol. The van der Waals surface area contributed by atoms with Gasteiger partial charge in [0.1, 0.15) is 5.75 Å². The maximum atomic E-state index is 13.1. The Hall–Kier alpha value is -2.82. The lowest BCUT2D eigenvalue weighted by Gasteiger charge is -2.15. The van der Waals surface area contributed by atoms with E-state index in [4.69, 9.17) is 4.74 Å². The maximum absolute atomic E-state index is 13.1. The van der Waals surface area contributed by atoms with E-state index < -0.39 is 0 Å². The highest BCUT2D eigenvalue weighted by molar-refractivity contribution is 5.77. The first-order chi connectivity index (χ1) is 12.5. The van der Waals surface area contributed by atoms with Gasteiger partial charge in [0.2, 0.25) is 0 Å². The van der Waals surface area contributed by atoms with Gasteiger partial charge in [0, 0.05) is 6.54 Å². The van der Waals surface area contributed by atoms with E-state index in [1.54, 1.807) is 17.7 Å². The molecule has 2 aromatic carbocycles. The van der Waals surface area contributed by atoms with Crippen LogP contribution < -0.4 is 16.0 Å². The van der Waals surface area contributed by atoms with Crippen molar-refractivity contribution in [3.63, 3.8) is 0 Å². The van der Waals surface area contributed by atoms with Crippen molar-refractivity contribution in [2.75, 3.05) is 7.11 Å². The Kier molecular flexibility index (Phi) is 5.26. The van der Waals surface area contributed by atoms with Crippen LogP contribution >= 0.6 is 0 Å². The Morgan fingerprint density at radius 1 is 1.00 bits per heavy atom. The number of aromatic nitrogens is 2. The van der Waals surface area contributed by atoms with Gasteiger partial charge in [-0.05, 0) is 42.2 Å². The molecule has 3 rings (SSSR count). The van der Waals surface area contributed by atoms with Crippen LogP contribution in [-0.4, -0.2) is 16.2 Å². The van der Waals surface area contributed by atoms with Gasteiger partial charge >= 0.3 is 5.69 Å². The summed E-state index contributed by atoms with van der Waals surface area (Å²) in [5.74, 6) is 1.16. The van der Waals surface area contributed by atoms with Crippen LogP contribution in [0.1, 0.15) is 25.8 Å². The van der Waals surface area contributed by atoms with Crippen molar-refractivity contribution in [3.8, 4) is 5.75 Å². The van der Waals surface area contributed by atoms with Crippen LogP contribution in [0.3, 0.4) is 0 Å². The van der Waals surface area contributed by atoms with Crippen LogP contribution in [-0.2, 0) is 13.1 Å². The lowest BCUT2D eigenvalue weighted by atomic mass is 10.1. The minimum atomic E-state index is -0.267. The van der Waals surface area contributed by atoms with Crippen LogP contribution in [0.4, 0.5) is 0 Å². The molecule has 0 N–H and O–H groups in total. The molecule has 0 radical (unpaired) electrons. The first-order valence-corrected chi connectivity index (χ1v) is 8.86. The molecule has 0 aliphatic rings. The average Bonchev–Trinajstić information content (AvgIpc) is 2.65. The van der Waals surface area contributed by atoms with E-state index in [1.807, 2.05) is 42.5 Å². The van der Waals surface area contributed by atoms with Crippen LogP contribution in [0, 0.1) is 5.92 Å². The molecule has 136 valence electrons. The fourth-order valence-corrected chi connectivity index (χ4v) is 3.06. The van der Waals surface area contributed by atoms with Crippen molar-refractivity contribution in [2.45, 2.75) is 33.4 Å². The lowest BCUT2D eigenvalue weighted by molar-refractivity contribution is 0.414. The highest BCUT2D eigenvalue weighted by atomic mass is 16.5. The average molecular weight is 352 g/mol. The van der Waals surface area contributed by atoms with Crippen molar-refractivity contribution in [1.29, 1.82) is 0 Å². The fraction of sp³-hybridized carbons (Fsp3) is 0.333. The minimum Gasteiger partial charge on any atom is -0.497 e. The van der Waals surface area contributed by atoms with Crippen LogP contribution in [0.5, 0.6) is 5.75 Å². The number of rotatable bonds is 6. The summed E-state index contributed by atoms with van der Waals surface area (Å²) < 4.78 is 8.31. The quantitative estimate of drug-likeness (QED) is 0.684. The van der Waals surface area contributed by atoms with Gasteiger partial charge in [-0.25, -0.2) is 4.79 Å². The number of methoxy groups -OCH3 is 1. The molecule has 0 aliphatic heterocycles. The molecule has 1 heterocycles. The standard InChI is InChI=1S/C21H24N2O3/c1-15(2)11-12-22-20(24)18-9-4-5-10-19(18)23(21(22)25)14-16-7-6-8-17(13-16)26-3/h4-10,13,15H,11-12,14H2,1-3H3. The van der Waals surface area contributed by atoms with E-state index in [0.29, 0.717) is 29.9 Å². The molecular formula is C21H24N2O3. The molecule has 0 fully saturated rings. The molecule has 0 spiro atoms. The largest absolute Gasteiger partial charge is 0.497 e. The molecule has 0 aliphatic carbocycles. The van der Waals surface area contributed by atoms with Gasteiger partial charge in [0.15, 0.2) is 0 Å². The third-order valence-electron chi connectivity index (χ3n) is 4.54. The Morgan fingerprint density at radius 2 is 1.77 bits per heavy atom. The predicted molar refractivity (Wildman–Crippen MR) is 104 cm³/mol. The first-order valence-electron chi connectivity index (χ1n) is 8.86. The molecule has 0 saturated heterocycles. The van der Waals surface area contributed by atoms with Gasteiger partial charge in [0.25, 0.3) is 5.56 Å². The third-order valence-corrected chi connectivity index (χ3v) is 4.54. The van der Waals surface area contributed by atoms with Gasteiger partial charge in [-0.2, -0.15) is 0 Å². The summed E-state index contributed by atoms with van der Waals surface area (Å²) in [4.78, 5) is 25.9. The number of hydrogen-bond acceptors (Lipinski definition) is 3. The molecule has 5 nitrogen and oxygen atoms in total. The highest BCUT2D eigenvalue weighted by Crippen LogP contribution is 2.15. The number of ether oxygens (including phenoxy) is 1. The molecule has 0 saturated carbocycles. The van der Waals surface area contributed by atoms with Crippen LogP contribution in [0.25, 0.3) is 10.9 Å². The van der Waals surface area contributed by atoms with Gasteiger partial charge < -0.3 is 4.74 Å². The van der Waals surface area contributed by atoms with Crippen LogP contribution in [0.15, 0.2) is 58.1 Å². The summed E-state index contributed by atoms with van der Waals surface area (Å²) in [6.45, 7) is 4.98. The molecule has 0 unspecified atom stereocenters. The summed E-state index contributed by atoms with van der Waals surface area (Å²) in [6, 6.07) is 14.9. The van der Waals surface area contributed by atoms with Crippen LogP contribution in [0.2, 0.25) is 0 Å². The Labute approximate surface area is 152 Å². The number of nitrogens with zero attached hydrogens (tertiary/aromatic N) is 2. The lowest BCUT2D eigenvalue weighted by Crippen LogP contribution is -2.40. The minimum absolute atomic E-state index is 0.215. The topological polar surface area (TPSA) is 53.2 Å². The van der Waals surface area contributed by atoms with Crippen molar-refractivity contribution < 1.29 is 4.74 Å². The zero-order valence-corrected chi connectivity index (χ0v) is 15.4. The van der Waals surface area contributed by atoms with Crippen molar-refractivity contribution in [2.24, 2.45) is 5.92 Å². The van der Waals surface area contributed by atoms with E-state index in [1.165, 1.54) is 4.57 Å². The first kappa shape index (κ1) is 18.0. The summed E-state index contributed by atoms with van der Waals surface area (Å²) in [7, 11) is 1.62. The van der Waals surface area contributed by atoms with Crippen molar-refractivity contribution in [1.82, 2.24) is 9.13 Å². The van der Waals surface area contributed by atoms with Gasteiger partial charge in [0.05, 0.1) is 24.6 Å². The molecule has 3 aromatic rings. The van der Waals surface area contributed by atoms with E-state index >= 15 is 0 Å². The highest BCUT2D eigenvalue weighted by Gasteiger charge is 2.13. The number of fused-ring (bicyclic) bond motifs is 1. The SMILES string of the molecule is COc1cccc(Cn2c(=O)n(CCC(C)C)c(=O)c3ccccc32)c1. The summed E-state index contributed by atoms with van der Waals surface area (Å²) in [5, 5.41) is 0.568. The van der Waals surface area contributed by atoms with Gasteiger partial charge in [-0.15, -0.1) is 0 Å². The van der Waals surface area contributed by atoms with E-state index in [0.717, 1.165) is 17.7 Å². The second-order valence-corrected chi connectivity index (χ2v) is 6.88. The van der Waals surface area contributed by atoms with Crippen molar-refractivity contribution in [3.05, 3.63) is 74.9 Å². The third kappa shape index (κ3) is 3.57. The number of para-hydroxylation sites is 1. The Morgan fingerprint density at radius 3 is 2.50 bits per heavy atom. The fourth-order valence-electron chi connectivity index (χ4n) is 3.06. The van der Waals surface area contributed by atoms with E-state index in [9.17, 15) is 9.59 Å². The Bertz CT molecular complexity index is 1030.